The summed E-state index contributed by atoms with van der Waals surface area (Å²) in [7, 11) is 0. The molecule has 1 heteroatoms. The molecule has 0 aromatic heterocycles. The van der Waals surface area contributed by atoms with E-state index in [1.807, 2.05) is 0 Å². The molecule has 2 unspecified atom stereocenters. The first kappa shape index (κ1) is 8.28. The molecule has 2 aliphatic rings. The molecule has 0 spiro atoms. The Morgan fingerprint density at radius 2 is 2.08 bits per heavy atom. The lowest BCUT2D eigenvalue weighted by Crippen LogP contribution is -2.23. The van der Waals surface area contributed by atoms with Crippen molar-refractivity contribution in [1.29, 1.82) is 0 Å². The van der Waals surface area contributed by atoms with Crippen LogP contribution in [0.25, 0.3) is 0 Å². The number of hydrogen-bond donors (Lipinski definition) is 0. The van der Waals surface area contributed by atoms with Crippen LogP contribution in [0.4, 0.5) is 0 Å². The van der Waals surface area contributed by atoms with Crippen LogP contribution in [0, 0.1) is 17.3 Å². The summed E-state index contributed by atoms with van der Waals surface area (Å²) in [5.41, 5.74) is 0.440. The van der Waals surface area contributed by atoms with E-state index in [-0.39, 0.29) is 0 Å². The number of ketones is 1. The first-order chi connectivity index (χ1) is 5.58. The summed E-state index contributed by atoms with van der Waals surface area (Å²) >= 11 is 0. The number of rotatable bonds is 0. The van der Waals surface area contributed by atoms with Crippen molar-refractivity contribution in [2.24, 2.45) is 17.3 Å². The number of hydrogen-bond acceptors (Lipinski definition) is 1. The molecule has 12 heavy (non-hydrogen) atoms. The first-order valence-corrected chi connectivity index (χ1v) is 5.11. The summed E-state index contributed by atoms with van der Waals surface area (Å²) in [5.74, 6) is 1.73. The molecular weight excluding hydrogens is 148 g/mol. The Kier molecular flexibility index (Phi) is 1.78. The van der Waals surface area contributed by atoms with Crippen molar-refractivity contribution in [3.63, 3.8) is 0 Å². The van der Waals surface area contributed by atoms with Crippen molar-refractivity contribution in [3.05, 3.63) is 0 Å². The summed E-state index contributed by atoms with van der Waals surface area (Å²) in [6, 6.07) is 0. The maximum absolute atomic E-state index is 11.6. The van der Waals surface area contributed by atoms with Gasteiger partial charge in [0.25, 0.3) is 0 Å². The fraction of sp³-hybridized carbons (Fsp3) is 0.909. The third-order valence-electron chi connectivity index (χ3n) is 3.57. The molecule has 0 amide bonds. The highest BCUT2D eigenvalue weighted by Crippen LogP contribution is 2.49. The molecule has 0 saturated heterocycles. The molecule has 2 saturated carbocycles. The molecule has 2 rings (SSSR count). The van der Waals surface area contributed by atoms with Gasteiger partial charge in [-0.15, -0.1) is 0 Å². The maximum atomic E-state index is 11.6. The summed E-state index contributed by atoms with van der Waals surface area (Å²) < 4.78 is 0. The smallest absolute Gasteiger partial charge is 0.136 e. The van der Waals surface area contributed by atoms with E-state index in [1.54, 1.807) is 0 Å². The van der Waals surface area contributed by atoms with E-state index >= 15 is 0 Å². The van der Waals surface area contributed by atoms with Crippen molar-refractivity contribution in [3.8, 4) is 0 Å². The van der Waals surface area contributed by atoms with E-state index < -0.39 is 0 Å². The van der Waals surface area contributed by atoms with E-state index in [9.17, 15) is 4.79 Å². The van der Waals surface area contributed by atoms with Crippen LogP contribution in [0.2, 0.25) is 0 Å². The van der Waals surface area contributed by atoms with Crippen molar-refractivity contribution >= 4 is 5.78 Å². The fourth-order valence-corrected chi connectivity index (χ4v) is 3.10. The van der Waals surface area contributed by atoms with Crippen LogP contribution in [0.1, 0.15) is 46.0 Å². The molecule has 1 nitrogen and oxygen atoms in total. The molecule has 0 heterocycles. The normalized spacial score (nSPS) is 39.7. The van der Waals surface area contributed by atoms with E-state index in [2.05, 4.69) is 13.8 Å². The summed E-state index contributed by atoms with van der Waals surface area (Å²) in [6.45, 7) is 4.61. The Morgan fingerprint density at radius 1 is 1.33 bits per heavy atom. The Bertz CT molecular complexity index is 205. The molecule has 0 N–H and O–H groups in total. The topological polar surface area (TPSA) is 17.1 Å². The van der Waals surface area contributed by atoms with Crippen LogP contribution >= 0.6 is 0 Å². The van der Waals surface area contributed by atoms with E-state index in [4.69, 9.17) is 0 Å². The van der Waals surface area contributed by atoms with Crippen molar-refractivity contribution in [2.45, 2.75) is 46.0 Å². The number of Topliss-reactive ketones (excluding diaryl/α,β-unsaturated/α-hetero) is 1. The van der Waals surface area contributed by atoms with E-state index in [1.165, 1.54) is 12.8 Å². The second-order valence-corrected chi connectivity index (χ2v) is 5.30. The molecule has 2 fully saturated rings. The first-order valence-electron chi connectivity index (χ1n) is 5.11. The molecule has 68 valence electrons. The van der Waals surface area contributed by atoms with Crippen LogP contribution in [0.15, 0.2) is 0 Å². The van der Waals surface area contributed by atoms with Gasteiger partial charge in [-0.2, -0.15) is 0 Å². The van der Waals surface area contributed by atoms with Crippen molar-refractivity contribution in [1.82, 2.24) is 0 Å². The fourth-order valence-electron chi connectivity index (χ4n) is 3.10. The lowest BCUT2D eigenvalue weighted by atomic mass is 9.81. The molecule has 0 radical (unpaired) electrons. The van der Waals surface area contributed by atoms with Crippen LogP contribution in [0.3, 0.4) is 0 Å². The lowest BCUT2D eigenvalue weighted by molar-refractivity contribution is -0.125. The largest absolute Gasteiger partial charge is 0.299 e. The summed E-state index contributed by atoms with van der Waals surface area (Å²) in [5, 5.41) is 0. The summed E-state index contributed by atoms with van der Waals surface area (Å²) in [4.78, 5) is 11.6. The van der Waals surface area contributed by atoms with Crippen LogP contribution in [0.5, 0.6) is 0 Å². The van der Waals surface area contributed by atoms with Gasteiger partial charge in [-0.1, -0.05) is 13.8 Å². The van der Waals surface area contributed by atoms with Crippen LogP contribution in [-0.2, 0) is 4.79 Å². The Hall–Kier alpha value is -0.330. The van der Waals surface area contributed by atoms with E-state index in [0.717, 1.165) is 25.2 Å². The monoisotopic (exact) mass is 166 g/mol. The predicted octanol–water partition coefficient (Wildman–Crippen LogP) is 2.79. The summed E-state index contributed by atoms with van der Waals surface area (Å²) in [6.07, 6.45) is 5.74. The van der Waals surface area contributed by atoms with Gasteiger partial charge in [0.15, 0.2) is 0 Å². The van der Waals surface area contributed by atoms with Gasteiger partial charge in [0.2, 0.25) is 0 Å². The van der Waals surface area contributed by atoms with Crippen LogP contribution in [-0.4, -0.2) is 5.78 Å². The van der Waals surface area contributed by atoms with Gasteiger partial charge in [-0.25, -0.2) is 0 Å². The number of carbonyl (C=O) groups excluding carboxylic acids is 1. The highest BCUT2D eigenvalue weighted by Gasteiger charge is 2.43. The van der Waals surface area contributed by atoms with Gasteiger partial charge in [-0.05, 0) is 37.0 Å². The van der Waals surface area contributed by atoms with Crippen molar-refractivity contribution in [2.75, 3.05) is 0 Å². The minimum atomic E-state index is 0.439. The number of carbonyl (C=O) groups is 1. The molecule has 2 aliphatic carbocycles. The van der Waals surface area contributed by atoms with Gasteiger partial charge in [0, 0.05) is 12.3 Å². The quantitative estimate of drug-likeness (QED) is 0.541. The lowest BCUT2D eigenvalue weighted by Gasteiger charge is -2.22. The standard InChI is InChI=1S/C11H18O/c1-11(2)6-8-4-3-5-10(12)9(8)7-11/h8-9H,3-7H2,1-2H3. The van der Waals surface area contributed by atoms with E-state index in [0.29, 0.717) is 17.1 Å². The highest BCUT2D eigenvalue weighted by atomic mass is 16.1. The van der Waals surface area contributed by atoms with Gasteiger partial charge in [0.05, 0.1) is 0 Å². The highest BCUT2D eigenvalue weighted by molar-refractivity contribution is 5.82. The average Bonchev–Trinajstić information content (AvgIpc) is 2.25. The zero-order chi connectivity index (χ0) is 8.77. The van der Waals surface area contributed by atoms with Crippen LogP contribution < -0.4 is 0 Å². The Morgan fingerprint density at radius 3 is 2.75 bits per heavy atom. The maximum Gasteiger partial charge on any atom is 0.136 e. The molecule has 0 aromatic carbocycles. The molecule has 2 atom stereocenters. The van der Waals surface area contributed by atoms with Gasteiger partial charge >= 0.3 is 0 Å². The molecule has 0 aromatic rings. The Balaban J connectivity index is 2.14. The third-order valence-corrected chi connectivity index (χ3v) is 3.57. The SMILES string of the molecule is CC1(C)CC2CCCC(=O)C2C1. The predicted molar refractivity (Wildman–Crippen MR) is 48.9 cm³/mol. The zero-order valence-electron chi connectivity index (χ0n) is 8.10. The van der Waals surface area contributed by atoms with Gasteiger partial charge < -0.3 is 0 Å². The van der Waals surface area contributed by atoms with Crippen molar-refractivity contribution < 1.29 is 4.79 Å². The molecule has 0 bridgehead atoms. The average molecular weight is 166 g/mol. The second-order valence-electron chi connectivity index (χ2n) is 5.30. The second kappa shape index (κ2) is 2.58. The van der Waals surface area contributed by atoms with Gasteiger partial charge in [-0.3, -0.25) is 4.79 Å². The minimum Gasteiger partial charge on any atom is -0.299 e. The zero-order valence-corrected chi connectivity index (χ0v) is 8.10. The third kappa shape index (κ3) is 1.30. The molecular formula is C11H18O. The molecule has 0 aliphatic heterocycles. The number of fused-ring (bicyclic) bond motifs is 1. The Labute approximate surface area is 74.5 Å². The van der Waals surface area contributed by atoms with Gasteiger partial charge in [0.1, 0.15) is 5.78 Å². The minimum absolute atomic E-state index is 0.439.